The van der Waals surface area contributed by atoms with Crippen LogP contribution in [0, 0.1) is 13.8 Å². The van der Waals surface area contributed by atoms with E-state index in [0.717, 1.165) is 15.9 Å². The molecule has 1 aromatic carbocycles. The zero-order valence-corrected chi connectivity index (χ0v) is 12.3. The SMILES string of the molecule is Cc1ccc(C)n1NC(=O)c1cc(Br)ccc1Cl. The summed E-state index contributed by atoms with van der Waals surface area (Å²) in [6.45, 7) is 3.85. The predicted molar refractivity (Wildman–Crippen MR) is 76.7 cm³/mol. The molecule has 0 radical (unpaired) electrons. The maximum absolute atomic E-state index is 12.2. The number of nitrogens with zero attached hydrogens (tertiary/aromatic N) is 1. The molecule has 1 amide bonds. The maximum Gasteiger partial charge on any atom is 0.271 e. The number of hydrogen-bond donors (Lipinski definition) is 1. The highest BCUT2D eigenvalue weighted by atomic mass is 79.9. The maximum atomic E-state index is 12.2. The van der Waals surface area contributed by atoms with Crippen LogP contribution in [0.1, 0.15) is 21.7 Å². The molecule has 0 aliphatic carbocycles. The van der Waals surface area contributed by atoms with Crippen LogP contribution >= 0.6 is 27.5 Å². The van der Waals surface area contributed by atoms with Crippen molar-refractivity contribution in [3.63, 3.8) is 0 Å². The van der Waals surface area contributed by atoms with Crippen LogP contribution in [0.4, 0.5) is 0 Å². The number of aryl methyl sites for hydroxylation is 2. The van der Waals surface area contributed by atoms with Crippen molar-refractivity contribution >= 4 is 33.4 Å². The highest BCUT2D eigenvalue weighted by molar-refractivity contribution is 9.10. The summed E-state index contributed by atoms with van der Waals surface area (Å²) in [5.41, 5.74) is 5.19. The molecule has 0 bridgehead atoms. The van der Waals surface area contributed by atoms with Crippen LogP contribution in [0.3, 0.4) is 0 Å². The van der Waals surface area contributed by atoms with E-state index >= 15 is 0 Å². The first-order valence-corrected chi connectivity index (χ1v) is 6.57. The monoisotopic (exact) mass is 326 g/mol. The Morgan fingerprint density at radius 3 is 2.44 bits per heavy atom. The number of benzene rings is 1. The molecule has 0 aliphatic rings. The number of halogens is 2. The van der Waals surface area contributed by atoms with Crippen molar-refractivity contribution in [1.82, 2.24) is 4.68 Å². The fraction of sp³-hybridized carbons (Fsp3) is 0.154. The zero-order valence-electron chi connectivity index (χ0n) is 10.00. The summed E-state index contributed by atoms with van der Waals surface area (Å²) in [4.78, 5) is 12.2. The van der Waals surface area contributed by atoms with E-state index in [1.807, 2.05) is 26.0 Å². The summed E-state index contributed by atoms with van der Waals surface area (Å²) in [5, 5.41) is 0.429. The van der Waals surface area contributed by atoms with Crippen LogP contribution in [0.5, 0.6) is 0 Å². The van der Waals surface area contributed by atoms with E-state index in [0.29, 0.717) is 10.6 Å². The van der Waals surface area contributed by atoms with Crippen molar-refractivity contribution in [2.75, 3.05) is 5.43 Å². The van der Waals surface area contributed by atoms with Crippen LogP contribution in [0.15, 0.2) is 34.8 Å². The molecule has 1 N–H and O–H groups in total. The molecule has 5 heteroatoms. The first-order valence-electron chi connectivity index (χ1n) is 5.40. The second-order valence-corrected chi connectivity index (χ2v) is 5.34. The van der Waals surface area contributed by atoms with Crippen LogP contribution in [-0.2, 0) is 0 Å². The van der Waals surface area contributed by atoms with Gasteiger partial charge < -0.3 is 0 Å². The second kappa shape index (κ2) is 5.16. The van der Waals surface area contributed by atoms with Crippen LogP contribution in [0.25, 0.3) is 0 Å². The molecule has 18 heavy (non-hydrogen) atoms. The third-order valence-corrected chi connectivity index (χ3v) is 3.48. The lowest BCUT2D eigenvalue weighted by molar-refractivity contribution is 0.101. The fourth-order valence-corrected chi connectivity index (χ4v) is 2.24. The molecule has 0 atom stereocenters. The van der Waals surface area contributed by atoms with E-state index < -0.39 is 0 Å². The Kier molecular flexibility index (Phi) is 3.78. The molecule has 0 fully saturated rings. The summed E-state index contributed by atoms with van der Waals surface area (Å²) < 4.78 is 2.55. The molecule has 2 aromatic rings. The molecular formula is C13H12BrClN2O. The third kappa shape index (κ3) is 2.60. The molecule has 0 spiro atoms. The minimum Gasteiger partial charge on any atom is -0.267 e. The van der Waals surface area contributed by atoms with Crippen LogP contribution in [-0.4, -0.2) is 10.6 Å². The average molecular weight is 328 g/mol. The van der Waals surface area contributed by atoms with E-state index in [-0.39, 0.29) is 5.91 Å². The van der Waals surface area contributed by atoms with Gasteiger partial charge in [0.2, 0.25) is 0 Å². The van der Waals surface area contributed by atoms with Gasteiger partial charge in [0.25, 0.3) is 5.91 Å². The summed E-state index contributed by atoms with van der Waals surface area (Å²) in [6.07, 6.45) is 0. The molecule has 94 valence electrons. The Morgan fingerprint density at radius 2 is 1.83 bits per heavy atom. The van der Waals surface area contributed by atoms with E-state index in [1.165, 1.54) is 0 Å². The first kappa shape index (κ1) is 13.2. The van der Waals surface area contributed by atoms with E-state index in [2.05, 4.69) is 21.4 Å². The average Bonchev–Trinajstić information content (AvgIpc) is 2.64. The number of rotatable bonds is 2. The highest BCUT2D eigenvalue weighted by Crippen LogP contribution is 2.21. The first-order chi connectivity index (χ1) is 8.49. The fourth-order valence-electron chi connectivity index (χ4n) is 1.68. The van der Waals surface area contributed by atoms with E-state index in [1.54, 1.807) is 22.9 Å². The molecule has 2 rings (SSSR count). The predicted octanol–water partition coefficient (Wildman–Crippen LogP) is 3.90. The lowest BCUT2D eigenvalue weighted by Gasteiger charge is -2.12. The molecule has 0 saturated carbocycles. The smallest absolute Gasteiger partial charge is 0.267 e. The summed E-state index contributed by atoms with van der Waals surface area (Å²) in [7, 11) is 0. The number of carbonyl (C=O) groups is 1. The molecule has 0 aliphatic heterocycles. The minimum absolute atomic E-state index is 0.233. The summed E-state index contributed by atoms with van der Waals surface area (Å²) in [5.74, 6) is -0.233. The van der Waals surface area contributed by atoms with Gasteiger partial charge in [-0.15, -0.1) is 0 Å². The Labute approximate surface area is 119 Å². The number of nitrogens with one attached hydrogen (secondary N) is 1. The molecule has 1 heterocycles. The van der Waals surface area contributed by atoms with Gasteiger partial charge in [0.15, 0.2) is 0 Å². The molecule has 1 aromatic heterocycles. The largest absolute Gasteiger partial charge is 0.271 e. The van der Waals surface area contributed by atoms with Gasteiger partial charge in [0.05, 0.1) is 10.6 Å². The van der Waals surface area contributed by atoms with Gasteiger partial charge in [0, 0.05) is 15.9 Å². The molecule has 3 nitrogen and oxygen atoms in total. The van der Waals surface area contributed by atoms with Crippen LogP contribution in [0.2, 0.25) is 5.02 Å². The van der Waals surface area contributed by atoms with Gasteiger partial charge in [-0.3, -0.25) is 14.9 Å². The zero-order chi connectivity index (χ0) is 13.3. The van der Waals surface area contributed by atoms with Crippen molar-refractivity contribution in [2.45, 2.75) is 13.8 Å². The summed E-state index contributed by atoms with van der Waals surface area (Å²) >= 11 is 9.35. The van der Waals surface area contributed by atoms with E-state index in [4.69, 9.17) is 11.6 Å². The molecule has 0 saturated heterocycles. The second-order valence-electron chi connectivity index (χ2n) is 4.02. The van der Waals surface area contributed by atoms with Crippen molar-refractivity contribution in [3.8, 4) is 0 Å². The van der Waals surface area contributed by atoms with Gasteiger partial charge in [-0.05, 0) is 44.2 Å². The van der Waals surface area contributed by atoms with Gasteiger partial charge in [-0.25, -0.2) is 0 Å². The van der Waals surface area contributed by atoms with Crippen molar-refractivity contribution in [2.24, 2.45) is 0 Å². The molecule has 0 unspecified atom stereocenters. The van der Waals surface area contributed by atoms with Gasteiger partial charge in [-0.2, -0.15) is 0 Å². The van der Waals surface area contributed by atoms with E-state index in [9.17, 15) is 4.79 Å². The Morgan fingerprint density at radius 1 is 1.22 bits per heavy atom. The quantitative estimate of drug-likeness (QED) is 0.891. The topological polar surface area (TPSA) is 34.0 Å². The standard InChI is InChI=1S/C13H12BrClN2O/c1-8-3-4-9(2)17(8)16-13(18)11-7-10(14)5-6-12(11)15/h3-7H,1-2H3,(H,16,18). The molecular weight excluding hydrogens is 316 g/mol. The number of carbonyl (C=O) groups excluding carboxylic acids is 1. The van der Waals surface area contributed by atoms with Crippen molar-refractivity contribution in [1.29, 1.82) is 0 Å². The Balaban J connectivity index is 2.30. The normalized spacial score (nSPS) is 10.4. The Hall–Kier alpha value is -1.26. The third-order valence-electron chi connectivity index (χ3n) is 2.66. The van der Waals surface area contributed by atoms with Gasteiger partial charge in [-0.1, -0.05) is 27.5 Å². The lowest BCUT2D eigenvalue weighted by atomic mass is 10.2. The number of hydrogen-bond acceptors (Lipinski definition) is 1. The van der Waals surface area contributed by atoms with Crippen molar-refractivity contribution < 1.29 is 4.79 Å². The lowest BCUT2D eigenvalue weighted by Crippen LogP contribution is -2.24. The minimum atomic E-state index is -0.233. The summed E-state index contributed by atoms with van der Waals surface area (Å²) in [6, 6.07) is 9.07. The van der Waals surface area contributed by atoms with Crippen molar-refractivity contribution in [3.05, 3.63) is 56.8 Å². The number of amides is 1. The van der Waals surface area contributed by atoms with Gasteiger partial charge >= 0.3 is 0 Å². The van der Waals surface area contributed by atoms with Gasteiger partial charge in [0.1, 0.15) is 0 Å². The Bertz CT molecular complexity index is 588. The number of aromatic nitrogens is 1. The highest BCUT2D eigenvalue weighted by Gasteiger charge is 2.12. The van der Waals surface area contributed by atoms with Crippen LogP contribution < -0.4 is 5.43 Å².